The minimum Gasteiger partial charge on any atom is -0.475 e. The lowest BCUT2D eigenvalue weighted by Crippen LogP contribution is -2.31. The second-order valence-electron chi connectivity index (χ2n) is 12.1. The van der Waals surface area contributed by atoms with Crippen LogP contribution in [0.2, 0.25) is 0 Å². The highest BCUT2D eigenvalue weighted by atomic mass is 19.4. The number of nitrogens with zero attached hydrogens (tertiary/aromatic N) is 4. The van der Waals surface area contributed by atoms with Crippen LogP contribution in [0.5, 0.6) is 11.5 Å². The van der Waals surface area contributed by atoms with E-state index >= 15 is 0 Å². The number of anilines is 1. The molecule has 0 aliphatic carbocycles. The Hall–Kier alpha value is -4.50. The van der Waals surface area contributed by atoms with Crippen LogP contribution in [0.3, 0.4) is 0 Å². The number of carboxylic acids is 1. The lowest BCUT2D eigenvalue weighted by atomic mass is 9.86. The van der Waals surface area contributed by atoms with Gasteiger partial charge in [0, 0.05) is 44.3 Å². The molecule has 2 aromatic carbocycles. The Morgan fingerprint density at radius 2 is 1.79 bits per heavy atom. The summed E-state index contributed by atoms with van der Waals surface area (Å²) in [5.41, 5.74) is 2.81. The molecule has 2 aliphatic heterocycles. The largest absolute Gasteiger partial charge is 0.490 e. The van der Waals surface area contributed by atoms with Crippen LogP contribution in [-0.2, 0) is 21.7 Å². The average molecular weight is 661 g/mol. The Morgan fingerprint density at radius 1 is 1.06 bits per heavy atom. The Bertz CT molecular complexity index is 1790. The predicted octanol–water partition coefficient (Wildman–Crippen LogP) is 5.58. The molecule has 2 aliphatic rings. The number of H-pyrrole nitrogens is 2. The van der Waals surface area contributed by atoms with Gasteiger partial charge in [0.25, 0.3) is 0 Å². The van der Waals surface area contributed by atoms with Crippen molar-refractivity contribution in [1.29, 1.82) is 0 Å². The molecule has 2 saturated heterocycles. The Kier molecular flexibility index (Phi) is 9.59. The molecule has 0 bridgehead atoms. The summed E-state index contributed by atoms with van der Waals surface area (Å²) in [4.78, 5) is 39.8. The molecule has 15 heteroatoms. The van der Waals surface area contributed by atoms with Crippen LogP contribution in [0, 0.1) is 11.2 Å². The molecule has 2 aromatic heterocycles. The highest BCUT2D eigenvalue weighted by molar-refractivity contribution is 5.75. The summed E-state index contributed by atoms with van der Waals surface area (Å²) in [5, 5.41) is 7.12. The van der Waals surface area contributed by atoms with Crippen LogP contribution in [0.1, 0.15) is 44.2 Å². The first kappa shape index (κ1) is 33.9. The maximum atomic E-state index is 14.3. The van der Waals surface area contributed by atoms with Gasteiger partial charge in [-0.25, -0.2) is 23.9 Å². The van der Waals surface area contributed by atoms with Gasteiger partial charge < -0.3 is 29.4 Å². The van der Waals surface area contributed by atoms with Gasteiger partial charge in [-0.3, -0.25) is 4.90 Å². The number of rotatable bonds is 8. The van der Waals surface area contributed by atoms with Crippen LogP contribution in [0.15, 0.2) is 53.7 Å². The highest BCUT2D eigenvalue weighted by Crippen LogP contribution is 2.44. The standard InChI is InChI=1S/C30H35FN6O3.C2HF3O2/c1-4-29(2,39-3)22-14-21(31)6-8-25(22)40-26-15-32-19-33-27(26)37-12-10-30(18-37)9-11-36(17-30)16-20-5-7-23-24(13-20)35-28(38)34-23;3-2(4,5)1(6)7/h5-8,13-15,19H,4,9-12,16-18H2,1-3H3,(H2,34,35,38);(H,6,7). The molecule has 2 atom stereocenters. The maximum Gasteiger partial charge on any atom is 0.490 e. The van der Waals surface area contributed by atoms with Crippen molar-refractivity contribution in [3.63, 3.8) is 0 Å². The third kappa shape index (κ3) is 7.57. The number of aromatic amines is 2. The van der Waals surface area contributed by atoms with E-state index in [0.717, 1.165) is 62.4 Å². The number of aliphatic carboxylic acids is 1. The van der Waals surface area contributed by atoms with Gasteiger partial charge in [0.1, 0.15) is 17.9 Å². The summed E-state index contributed by atoms with van der Waals surface area (Å²) in [6.07, 6.45) is 0.977. The number of carbonyl (C=O) groups is 1. The summed E-state index contributed by atoms with van der Waals surface area (Å²) in [6, 6.07) is 10.6. The maximum absolute atomic E-state index is 14.3. The predicted molar refractivity (Wildman–Crippen MR) is 165 cm³/mol. The van der Waals surface area contributed by atoms with Gasteiger partial charge in [-0.15, -0.1) is 0 Å². The number of fused-ring (bicyclic) bond motifs is 1. The lowest BCUT2D eigenvalue weighted by molar-refractivity contribution is -0.192. The normalized spacial score (nSPS) is 19.5. The van der Waals surface area contributed by atoms with E-state index in [1.807, 2.05) is 19.9 Å². The van der Waals surface area contributed by atoms with Crippen LogP contribution in [0.25, 0.3) is 11.0 Å². The van der Waals surface area contributed by atoms with Gasteiger partial charge in [0.05, 0.1) is 22.8 Å². The van der Waals surface area contributed by atoms with Crippen LogP contribution in [0.4, 0.5) is 23.4 Å². The number of aromatic nitrogens is 4. The first-order chi connectivity index (χ1) is 22.2. The van der Waals surface area contributed by atoms with Gasteiger partial charge in [0.15, 0.2) is 11.6 Å². The first-order valence-electron chi connectivity index (χ1n) is 15.1. The van der Waals surface area contributed by atoms with Gasteiger partial charge in [-0.1, -0.05) is 13.0 Å². The minimum absolute atomic E-state index is 0.173. The van der Waals surface area contributed by atoms with E-state index in [9.17, 15) is 22.4 Å². The number of imidazole rings is 1. The molecule has 4 heterocycles. The summed E-state index contributed by atoms with van der Waals surface area (Å²) in [7, 11) is 1.63. The molecule has 1 spiro atoms. The van der Waals surface area contributed by atoms with Crippen LogP contribution in [-0.4, -0.2) is 75.4 Å². The zero-order valence-electron chi connectivity index (χ0n) is 26.2. The van der Waals surface area contributed by atoms with Gasteiger partial charge in [-0.2, -0.15) is 13.2 Å². The van der Waals surface area contributed by atoms with Crippen LogP contribution < -0.4 is 15.3 Å². The van der Waals surface area contributed by atoms with Gasteiger partial charge in [0.2, 0.25) is 0 Å². The second kappa shape index (κ2) is 13.3. The molecule has 47 heavy (non-hydrogen) atoms. The molecule has 0 saturated carbocycles. The molecular formula is C32H36F4N6O5. The van der Waals surface area contributed by atoms with Crippen molar-refractivity contribution in [3.05, 3.63) is 76.4 Å². The number of hydrogen-bond donors (Lipinski definition) is 3. The fourth-order valence-electron chi connectivity index (χ4n) is 6.24. The number of carboxylic acid groups (broad SMARTS) is 1. The monoisotopic (exact) mass is 660 g/mol. The van der Waals surface area contributed by atoms with Crippen molar-refractivity contribution in [3.8, 4) is 11.5 Å². The fraction of sp³-hybridized carbons (Fsp3) is 0.438. The molecule has 3 N–H and O–H groups in total. The molecule has 0 amide bonds. The number of methoxy groups -OCH3 is 1. The number of ether oxygens (including phenoxy) is 2. The molecule has 2 fully saturated rings. The van der Waals surface area contributed by atoms with Crippen molar-refractivity contribution >= 4 is 22.8 Å². The SMILES string of the molecule is CCC(C)(OC)c1cc(F)ccc1Oc1cncnc1N1CCC2(CCN(Cc3ccc4[nH]c(=O)[nH]c4c3)C2)C1.O=C(O)C(F)(F)F. The summed E-state index contributed by atoms with van der Waals surface area (Å²) < 4.78 is 58.2. The van der Waals surface area contributed by atoms with E-state index < -0.39 is 17.7 Å². The summed E-state index contributed by atoms with van der Waals surface area (Å²) >= 11 is 0. The number of halogens is 4. The van der Waals surface area contributed by atoms with E-state index in [4.69, 9.17) is 19.4 Å². The van der Waals surface area contributed by atoms with E-state index in [-0.39, 0.29) is 16.9 Å². The van der Waals surface area contributed by atoms with Crippen molar-refractivity contribution < 1.29 is 36.9 Å². The van der Waals surface area contributed by atoms with Crippen molar-refractivity contribution in [2.45, 2.75) is 51.4 Å². The zero-order valence-corrected chi connectivity index (χ0v) is 26.2. The Morgan fingerprint density at radius 3 is 2.49 bits per heavy atom. The molecule has 4 aromatic rings. The van der Waals surface area contributed by atoms with Gasteiger partial charge >= 0.3 is 17.8 Å². The van der Waals surface area contributed by atoms with E-state index in [1.165, 1.54) is 17.7 Å². The third-order valence-electron chi connectivity index (χ3n) is 9.00. The number of benzene rings is 2. The molecular weight excluding hydrogens is 624 g/mol. The van der Waals surface area contributed by atoms with Crippen molar-refractivity contribution in [1.82, 2.24) is 24.8 Å². The molecule has 6 rings (SSSR count). The summed E-state index contributed by atoms with van der Waals surface area (Å²) in [6.45, 7) is 8.55. The van der Waals surface area contributed by atoms with Crippen LogP contribution >= 0.6 is 0 Å². The highest BCUT2D eigenvalue weighted by Gasteiger charge is 2.44. The summed E-state index contributed by atoms with van der Waals surface area (Å²) in [5.74, 6) is -1.27. The van der Waals surface area contributed by atoms with Crippen molar-refractivity contribution in [2.75, 3.05) is 38.2 Å². The molecule has 252 valence electrons. The van der Waals surface area contributed by atoms with E-state index in [1.54, 1.807) is 25.7 Å². The fourth-order valence-corrected chi connectivity index (χ4v) is 6.24. The zero-order chi connectivity index (χ0) is 34.0. The molecule has 0 radical (unpaired) electrons. The number of nitrogens with one attached hydrogen (secondary N) is 2. The lowest BCUT2D eigenvalue weighted by Gasteiger charge is -2.30. The van der Waals surface area contributed by atoms with E-state index in [0.29, 0.717) is 23.5 Å². The number of alkyl halides is 3. The first-order valence-corrected chi connectivity index (χ1v) is 15.1. The third-order valence-corrected chi connectivity index (χ3v) is 9.00. The quantitative estimate of drug-likeness (QED) is 0.207. The van der Waals surface area contributed by atoms with Crippen molar-refractivity contribution in [2.24, 2.45) is 5.41 Å². The van der Waals surface area contributed by atoms with E-state index in [2.05, 4.69) is 41.9 Å². The second-order valence-corrected chi connectivity index (χ2v) is 12.1. The Balaban J connectivity index is 0.000000559. The Labute approximate surface area is 267 Å². The molecule has 11 nitrogen and oxygen atoms in total. The topological polar surface area (TPSA) is 137 Å². The smallest absolute Gasteiger partial charge is 0.475 e. The molecule has 2 unspecified atom stereocenters. The minimum atomic E-state index is -5.08. The number of hydrogen-bond acceptors (Lipinski definition) is 8. The van der Waals surface area contributed by atoms with Gasteiger partial charge in [-0.05, 0) is 68.6 Å². The average Bonchev–Trinajstić information content (AvgIpc) is 3.75. The number of likely N-dealkylation sites (tertiary alicyclic amines) is 1.